The van der Waals surface area contributed by atoms with Crippen LogP contribution in [0.1, 0.15) is 11.1 Å². The zero-order chi connectivity index (χ0) is 7.84. The summed E-state index contributed by atoms with van der Waals surface area (Å²) in [6.07, 6.45) is 1.92. The molecule has 11 heavy (non-hydrogen) atoms. The molecule has 0 N–H and O–H groups in total. The molecule has 0 bridgehead atoms. The minimum absolute atomic E-state index is 1.15. The molecule has 2 rings (SSSR count). The normalized spacial score (nSPS) is 10.7. The molecule has 0 spiro atoms. The number of thiophene rings is 1. The Morgan fingerprint density at radius 2 is 2.18 bits per heavy atom. The summed E-state index contributed by atoms with van der Waals surface area (Å²) < 4.78 is 1.29. The SMILES string of the molecule is Cc1cnc2c(C)csc2c1. The molecule has 0 fully saturated rings. The number of pyridine rings is 1. The predicted octanol–water partition coefficient (Wildman–Crippen LogP) is 2.91. The van der Waals surface area contributed by atoms with Gasteiger partial charge in [0.15, 0.2) is 0 Å². The van der Waals surface area contributed by atoms with E-state index in [4.69, 9.17) is 0 Å². The molecule has 0 saturated heterocycles. The molecule has 2 aromatic heterocycles. The van der Waals surface area contributed by atoms with Gasteiger partial charge in [-0.1, -0.05) is 0 Å². The molecular formula is C9H9NS. The first-order valence-electron chi connectivity index (χ1n) is 3.58. The Bertz CT molecular complexity index is 389. The summed E-state index contributed by atoms with van der Waals surface area (Å²) in [5.41, 5.74) is 3.67. The van der Waals surface area contributed by atoms with Gasteiger partial charge >= 0.3 is 0 Å². The van der Waals surface area contributed by atoms with Crippen LogP contribution in [0.5, 0.6) is 0 Å². The largest absolute Gasteiger partial charge is 0.255 e. The van der Waals surface area contributed by atoms with Gasteiger partial charge < -0.3 is 0 Å². The van der Waals surface area contributed by atoms with E-state index in [1.165, 1.54) is 15.8 Å². The van der Waals surface area contributed by atoms with Crippen molar-refractivity contribution in [2.45, 2.75) is 13.8 Å². The van der Waals surface area contributed by atoms with E-state index in [9.17, 15) is 0 Å². The summed E-state index contributed by atoms with van der Waals surface area (Å²) in [5.74, 6) is 0. The third-order valence-corrected chi connectivity index (χ3v) is 2.76. The first-order chi connectivity index (χ1) is 5.27. The van der Waals surface area contributed by atoms with Gasteiger partial charge in [0.25, 0.3) is 0 Å². The number of aromatic nitrogens is 1. The second kappa shape index (κ2) is 2.31. The Labute approximate surface area is 69.7 Å². The molecule has 2 heteroatoms. The van der Waals surface area contributed by atoms with Gasteiger partial charge in [0.05, 0.1) is 10.2 Å². The lowest BCUT2D eigenvalue weighted by atomic mass is 10.2. The molecule has 0 saturated carbocycles. The standard InChI is InChI=1S/C9H9NS/c1-6-3-8-9(10-4-6)7(2)5-11-8/h3-5H,1-2H3. The van der Waals surface area contributed by atoms with Crippen molar-refractivity contribution < 1.29 is 0 Å². The van der Waals surface area contributed by atoms with Crippen LogP contribution < -0.4 is 0 Å². The van der Waals surface area contributed by atoms with Crippen LogP contribution in [0.25, 0.3) is 10.2 Å². The average Bonchev–Trinajstić information content (AvgIpc) is 2.32. The zero-order valence-electron chi connectivity index (χ0n) is 6.59. The molecule has 2 aromatic rings. The van der Waals surface area contributed by atoms with Crippen LogP contribution in [-0.4, -0.2) is 4.98 Å². The number of fused-ring (bicyclic) bond motifs is 1. The summed E-state index contributed by atoms with van der Waals surface area (Å²) >= 11 is 1.77. The van der Waals surface area contributed by atoms with E-state index in [0.717, 1.165) is 5.52 Å². The van der Waals surface area contributed by atoms with Crippen molar-refractivity contribution in [3.05, 3.63) is 28.8 Å². The first kappa shape index (κ1) is 6.80. The third-order valence-electron chi connectivity index (χ3n) is 1.73. The highest BCUT2D eigenvalue weighted by molar-refractivity contribution is 7.17. The van der Waals surface area contributed by atoms with Gasteiger partial charge in [0.1, 0.15) is 0 Å². The fourth-order valence-electron chi connectivity index (χ4n) is 1.14. The highest BCUT2D eigenvalue weighted by Gasteiger charge is 1.99. The monoisotopic (exact) mass is 163 g/mol. The molecule has 0 aliphatic heterocycles. The van der Waals surface area contributed by atoms with Crippen LogP contribution in [0.2, 0.25) is 0 Å². The van der Waals surface area contributed by atoms with Crippen LogP contribution in [0.3, 0.4) is 0 Å². The highest BCUT2D eigenvalue weighted by Crippen LogP contribution is 2.23. The van der Waals surface area contributed by atoms with Crippen molar-refractivity contribution in [1.82, 2.24) is 4.98 Å². The minimum Gasteiger partial charge on any atom is -0.255 e. The molecule has 0 radical (unpaired) electrons. The molecular weight excluding hydrogens is 154 g/mol. The summed E-state index contributed by atoms with van der Waals surface area (Å²) in [4.78, 5) is 4.35. The maximum atomic E-state index is 4.35. The van der Waals surface area contributed by atoms with E-state index in [2.05, 4.69) is 30.3 Å². The van der Waals surface area contributed by atoms with Crippen LogP contribution in [0.15, 0.2) is 17.6 Å². The van der Waals surface area contributed by atoms with Crippen LogP contribution in [-0.2, 0) is 0 Å². The lowest BCUT2D eigenvalue weighted by Gasteiger charge is -1.91. The molecule has 0 aliphatic rings. The Balaban J connectivity index is 2.86. The fraction of sp³-hybridized carbons (Fsp3) is 0.222. The van der Waals surface area contributed by atoms with Crippen molar-refractivity contribution in [1.29, 1.82) is 0 Å². The number of hydrogen-bond donors (Lipinski definition) is 0. The highest BCUT2D eigenvalue weighted by atomic mass is 32.1. The molecule has 0 amide bonds. The van der Waals surface area contributed by atoms with E-state index in [1.54, 1.807) is 11.3 Å². The topological polar surface area (TPSA) is 12.9 Å². The third kappa shape index (κ3) is 1.03. The van der Waals surface area contributed by atoms with Gasteiger partial charge in [-0.2, -0.15) is 0 Å². The average molecular weight is 163 g/mol. The van der Waals surface area contributed by atoms with E-state index in [0.29, 0.717) is 0 Å². The second-order valence-corrected chi connectivity index (χ2v) is 3.69. The number of rotatable bonds is 0. The van der Waals surface area contributed by atoms with Crippen LogP contribution in [0, 0.1) is 13.8 Å². The molecule has 0 atom stereocenters. The number of aryl methyl sites for hydroxylation is 2. The Morgan fingerprint density at radius 3 is 3.00 bits per heavy atom. The smallest absolute Gasteiger partial charge is 0.0838 e. The van der Waals surface area contributed by atoms with Crippen molar-refractivity contribution in [3.8, 4) is 0 Å². The van der Waals surface area contributed by atoms with Crippen LogP contribution in [0.4, 0.5) is 0 Å². The Kier molecular flexibility index (Phi) is 1.43. The first-order valence-corrected chi connectivity index (χ1v) is 4.46. The maximum absolute atomic E-state index is 4.35. The predicted molar refractivity (Wildman–Crippen MR) is 49.1 cm³/mol. The van der Waals surface area contributed by atoms with E-state index < -0.39 is 0 Å². The van der Waals surface area contributed by atoms with Gasteiger partial charge in [0, 0.05) is 6.20 Å². The van der Waals surface area contributed by atoms with E-state index >= 15 is 0 Å². The fourth-order valence-corrected chi connectivity index (χ4v) is 2.13. The van der Waals surface area contributed by atoms with Crippen molar-refractivity contribution in [2.75, 3.05) is 0 Å². The molecule has 0 unspecified atom stereocenters. The summed E-state index contributed by atoms with van der Waals surface area (Å²) in [6.45, 7) is 4.17. The summed E-state index contributed by atoms with van der Waals surface area (Å²) in [6, 6.07) is 2.18. The van der Waals surface area contributed by atoms with Gasteiger partial charge in [0.2, 0.25) is 0 Å². The molecule has 56 valence electrons. The van der Waals surface area contributed by atoms with Gasteiger partial charge in [-0.15, -0.1) is 11.3 Å². The van der Waals surface area contributed by atoms with Crippen molar-refractivity contribution in [2.24, 2.45) is 0 Å². The zero-order valence-corrected chi connectivity index (χ0v) is 7.40. The lowest BCUT2D eigenvalue weighted by molar-refractivity contribution is 1.33. The van der Waals surface area contributed by atoms with E-state index in [1.807, 2.05) is 6.20 Å². The van der Waals surface area contributed by atoms with Gasteiger partial charge in [-0.3, -0.25) is 4.98 Å². The van der Waals surface area contributed by atoms with Gasteiger partial charge in [-0.05, 0) is 36.4 Å². The Hall–Kier alpha value is -0.890. The molecule has 0 aromatic carbocycles. The van der Waals surface area contributed by atoms with Crippen molar-refractivity contribution >= 4 is 21.6 Å². The molecule has 2 heterocycles. The van der Waals surface area contributed by atoms with E-state index in [-0.39, 0.29) is 0 Å². The second-order valence-electron chi connectivity index (χ2n) is 2.78. The quantitative estimate of drug-likeness (QED) is 0.582. The number of hydrogen-bond acceptors (Lipinski definition) is 2. The molecule has 1 nitrogen and oxygen atoms in total. The summed E-state index contributed by atoms with van der Waals surface area (Å²) in [7, 11) is 0. The Morgan fingerprint density at radius 1 is 1.36 bits per heavy atom. The maximum Gasteiger partial charge on any atom is 0.0838 e. The lowest BCUT2D eigenvalue weighted by Crippen LogP contribution is -1.77. The number of nitrogens with zero attached hydrogens (tertiary/aromatic N) is 1. The molecule has 0 aliphatic carbocycles. The minimum atomic E-state index is 1.15. The van der Waals surface area contributed by atoms with Crippen molar-refractivity contribution in [3.63, 3.8) is 0 Å². The van der Waals surface area contributed by atoms with Crippen LogP contribution >= 0.6 is 11.3 Å². The van der Waals surface area contributed by atoms with Gasteiger partial charge in [-0.25, -0.2) is 0 Å². The summed E-state index contributed by atoms with van der Waals surface area (Å²) in [5, 5.41) is 2.15.